The summed E-state index contributed by atoms with van der Waals surface area (Å²) < 4.78 is 0. The van der Waals surface area contributed by atoms with Gasteiger partial charge in [-0.2, -0.15) is 0 Å². The monoisotopic (exact) mass is 103 g/mol. The number of carbonyl (C=O) groups is 1. The lowest BCUT2D eigenvalue weighted by molar-refractivity contribution is -0.204. The van der Waals surface area contributed by atoms with Crippen molar-refractivity contribution in [1.29, 1.82) is 0 Å². The van der Waals surface area contributed by atoms with E-state index in [1.807, 2.05) is 0 Å². The maximum absolute atomic E-state index is 9.94. The summed E-state index contributed by atoms with van der Waals surface area (Å²) in [6.45, 7) is -0.0498. The van der Waals surface area contributed by atoms with E-state index in [0.717, 1.165) is 0 Å². The highest BCUT2D eigenvalue weighted by atomic mass is 16.5. The molecule has 3 N–H and O–H groups in total. The molecule has 0 radical (unpaired) electrons. The number of hydrogen-bond donors (Lipinski definition) is 3. The Hall–Kier alpha value is -0.610. The van der Waals surface area contributed by atoms with Crippen molar-refractivity contribution in [3.05, 3.63) is 0 Å². The summed E-state index contributed by atoms with van der Waals surface area (Å²) in [6.07, 6.45) is 0. The molecule has 0 aromatic heterocycles. The third-order valence-electron chi connectivity index (χ3n) is 0.859. The van der Waals surface area contributed by atoms with E-state index in [-0.39, 0.29) is 6.54 Å². The van der Waals surface area contributed by atoms with Crippen molar-refractivity contribution in [2.24, 2.45) is 0 Å². The van der Waals surface area contributed by atoms with E-state index in [2.05, 4.69) is 5.32 Å². The van der Waals surface area contributed by atoms with Crippen molar-refractivity contribution in [2.75, 3.05) is 6.54 Å². The van der Waals surface area contributed by atoms with Gasteiger partial charge in [-0.3, -0.25) is 4.79 Å². The number of β-lactam (4-membered cyclic amide) rings is 1. The standard InChI is InChI=1S/C3H5NO3/c5-2-3(6,7)1-4-2/h6-7H,1H2,(H,4,5). The van der Waals surface area contributed by atoms with Crippen LogP contribution in [0.2, 0.25) is 0 Å². The zero-order valence-corrected chi connectivity index (χ0v) is 3.51. The van der Waals surface area contributed by atoms with Crippen molar-refractivity contribution >= 4 is 5.91 Å². The van der Waals surface area contributed by atoms with Gasteiger partial charge in [0.05, 0.1) is 6.54 Å². The van der Waals surface area contributed by atoms with Crippen LogP contribution < -0.4 is 5.32 Å². The molecule has 0 atom stereocenters. The fraction of sp³-hybridized carbons (Fsp3) is 0.667. The lowest BCUT2D eigenvalue weighted by Gasteiger charge is -2.29. The minimum atomic E-state index is -2.07. The number of β-amino-alcohol motifs (C(OH)–C–C–N with tert-alkyl or cyclic N) is 2. The Labute approximate surface area is 39.8 Å². The molecule has 1 fully saturated rings. The summed E-state index contributed by atoms with van der Waals surface area (Å²) in [5, 5.41) is 18.8. The van der Waals surface area contributed by atoms with Crippen molar-refractivity contribution in [1.82, 2.24) is 5.32 Å². The van der Waals surface area contributed by atoms with Gasteiger partial charge < -0.3 is 15.5 Å². The smallest absolute Gasteiger partial charge is 0.282 e. The second-order valence-electron chi connectivity index (χ2n) is 1.50. The Morgan fingerprint density at radius 1 is 1.71 bits per heavy atom. The largest absolute Gasteiger partial charge is 0.357 e. The van der Waals surface area contributed by atoms with Gasteiger partial charge in [0.15, 0.2) is 0 Å². The predicted octanol–water partition coefficient (Wildman–Crippen LogP) is -2.20. The fourth-order valence-electron chi connectivity index (χ4n) is 0.319. The summed E-state index contributed by atoms with van der Waals surface area (Å²) in [7, 11) is 0. The first-order valence-corrected chi connectivity index (χ1v) is 1.86. The van der Waals surface area contributed by atoms with Crippen LogP contribution in [0.25, 0.3) is 0 Å². The van der Waals surface area contributed by atoms with Crippen LogP contribution >= 0.6 is 0 Å². The number of rotatable bonds is 0. The molecule has 1 amide bonds. The molecular formula is C3H5NO3. The van der Waals surface area contributed by atoms with Crippen LogP contribution in [-0.2, 0) is 4.79 Å². The molecule has 0 unspecified atom stereocenters. The molecule has 0 bridgehead atoms. The Morgan fingerprint density at radius 2 is 2.14 bits per heavy atom. The summed E-state index contributed by atoms with van der Waals surface area (Å²) in [6, 6.07) is 0. The highest BCUT2D eigenvalue weighted by Gasteiger charge is 2.42. The third-order valence-corrected chi connectivity index (χ3v) is 0.859. The highest BCUT2D eigenvalue weighted by molar-refractivity contribution is 5.89. The summed E-state index contributed by atoms with van der Waals surface area (Å²) in [4.78, 5) is 9.94. The number of aliphatic hydroxyl groups is 2. The molecule has 1 aliphatic heterocycles. The van der Waals surface area contributed by atoms with Gasteiger partial charge >= 0.3 is 0 Å². The van der Waals surface area contributed by atoms with Crippen molar-refractivity contribution < 1.29 is 15.0 Å². The lowest BCUT2D eigenvalue weighted by Crippen LogP contribution is -2.64. The first-order chi connectivity index (χ1) is 3.13. The van der Waals surface area contributed by atoms with Crippen molar-refractivity contribution in [2.45, 2.75) is 5.79 Å². The molecule has 0 aromatic carbocycles. The van der Waals surface area contributed by atoms with E-state index in [0.29, 0.717) is 0 Å². The molecule has 1 aliphatic rings. The molecule has 1 rings (SSSR count). The molecule has 0 aromatic rings. The zero-order chi connectivity index (χ0) is 5.49. The highest BCUT2D eigenvalue weighted by Crippen LogP contribution is 2.04. The molecule has 1 heterocycles. The molecule has 4 heteroatoms. The Balaban J connectivity index is 2.59. The Morgan fingerprint density at radius 3 is 2.14 bits per heavy atom. The summed E-state index contributed by atoms with van der Waals surface area (Å²) in [5.74, 6) is -2.78. The number of nitrogens with one attached hydrogen (secondary N) is 1. The van der Waals surface area contributed by atoms with Crippen molar-refractivity contribution in [3.63, 3.8) is 0 Å². The zero-order valence-electron chi connectivity index (χ0n) is 3.51. The molecule has 40 valence electrons. The van der Waals surface area contributed by atoms with E-state index in [9.17, 15) is 4.79 Å². The number of hydrogen-bond acceptors (Lipinski definition) is 3. The molecule has 0 spiro atoms. The van der Waals surface area contributed by atoms with Gasteiger partial charge in [0, 0.05) is 0 Å². The van der Waals surface area contributed by atoms with Gasteiger partial charge in [0.2, 0.25) is 0 Å². The molecule has 4 nitrogen and oxygen atoms in total. The fourth-order valence-corrected chi connectivity index (χ4v) is 0.319. The van der Waals surface area contributed by atoms with Crippen LogP contribution in [0.3, 0.4) is 0 Å². The maximum Gasteiger partial charge on any atom is 0.282 e. The lowest BCUT2D eigenvalue weighted by atomic mass is 10.1. The first kappa shape index (κ1) is 4.55. The summed E-state index contributed by atoms with van der Waals surface area (Å²) in [5.41, 5.74) is 0. The maximum atomic E-state index is 9.94. The predicted molar refractivity (Wildman–Crippen MR) is 20.2 cm³/mol. The van der Waals surface area contributed by atoms with Crippen LogP contribution in [0.1, 0.15) is 0 Å². The van der Waals surface area contributed by atoms with E-state index >= 15 is 0 Å². The van der Waals surface area contributed by atoms with Crippen LogP contribution in [-0.4, -0.2) is 28.5 Å². The van der Waals surface area contributed by atoms with Gasteiger partial charge in [0.1, 0.15) is 0 Å². The van der Waals surface area contributed by atoms with Crippen LogP contribution in [0.4, 0.5) is 0 Å². The van der Waals surface area contributed by atoms with Gasteiger partial charge in [-0.05, 0) is 0 Å². The second kappa shape index (κ2) is 0.962. The normalized spacial score (nSPS) is 25.7. The SMILES string of the molecule is O=C1NCC1(O)O. The number of carbonyl (C=O) groups excluding carboxylic acids is 1. The van der Waals surface area contributed by atoms with Gasteiger partial charge in [-0.15, -0.1) is 0 Å². The van der Waals surface area contributed by atoms with Crippen LogP contribution in [0.15, 0.2) is 0 Å². The minimum absolute atomic E-state index is 0.0498. The average molecular weight is 103 g/mol. The first-order valence-electron chi connectivity index (χ1n) is 1.86. The van der Waals surface area contributed by atoms with E-state index < -0.39 is 11.7 Å². The van der Waals surface area contributed by atoms with Crippen LogP contribution in [0.5, 0.6) is 0 Å². The van der Waals surface area contributed by atoms with E-state index in [1.54, 1.807) is 0 Å². The van der Waals surface area contributed by atoms with Gasteiger partial charge in [-0.1, -0.05) is 0 Å². The Kier molecular flexibility index (Phi) is 0.625. The molecule has 7 heavy (non-hydrogen) atoms. The average Bonchev–Trinajstić information content (AvgIpc) is 1.63. The quantitative estimate of drug-likeness (QED) is 0.240. The second-order valence-corrected chi connectivity index (χ2v) is 1.50. The molecule has 1 saturated heterocycles. The van der Waals surface area contributed by atoms with Crippen LogP contribution in [0, 0.1) is 0 Å². The van der Waals surface area contributed by atoms with Gasteiger partial charge in [-0.25, -0.2) is 0 Å². The van der Waals surface area contributed by atoms with Crippen molar-refractivity contribution in [3.8, 4) is 0 Å². The van der Waals surface area contributed by atoms with E-state index in [4.69, 9.17) is 10.2 Å². The molecular weight excluding hydrogens is 98.0 g/mol. The topological polar surface area (TPSA) is 69.6 Å². The minimum Gasteiger partial charge on any atom is -0.357 e. The van der Waals surface area contributed by atoms with E-state index in [1.165, 1.54) is 0 Å². The molecule has 0 aliphatic carbocycles. The third kappa shape index (κ3) is 0.477. The number of amides is 1. The van der Waals surface area contributed by atoms with Gasteiger partial charge in [0.25, 0.3) is 11.7 Å². The summed E-state index contributed by atoms with van der Waals surface area (Å²) >= 11 is 0. The molecule has 0 saturated carbocycles. The Bertz CT molecular complexity index is 109.